The van der Waals surface area contributed by atoms with Gasteiger partial charge in [0.1, 0.15) is 0 Å². The fraction of sp³-hybridized carbons (Fsp3) is 0.276. The van der Waals surface area contributed by atoms with E-state index in [0.717, 1.165) is 33.7 Å². The van der Waals surface area contributed by atoms with Gasteiger partial charge in [-0.2, -0.15) is 0 Å². The Labute approximate surface area is 215 Å². The van der Waals surface area contributed by atoms with Crippen molar-refractivity contribution in [3.05, 3.63) is 94.4 Å². The second kappa shape index (κ2) is 10.6. The molecule has 2 aromatic heterocycles. The predicted octanol–water partition coefficient (Wildman–Crippen LogP) is 5.04. The van der Waals surface area contributed by atoms with Gasteiger partial charge in [0, 0.05) is 59.9 Å². The number of H-pyrrole nitrogens is 1. The molecule has 7 heteroatoms. The third kappa shape index (κ3) is 4.88. The van der Waals surface area contributed by atoms with Gasteiger partial charge >= 0.3 is 0 Å². The lowest BCUT2D eigenvalue weighted by Gasteiger charge is -2.30. The highest BCUT2D eigenvalue weighted by Gasteiger charge is 2.24. The van der Waals surface area contributed by atoms with E-state index in [0.29, 0.717) is 38.0 Å². The van der Waals surface area contributed by atoms with Crippen LogP contribution in [0.5, 0.6) is 0 Å². The van der Waals surface area contributed by atoms with Gasteiger partial charge in [-0.15, -0.1) is 11.8 Å². The summed E-state index contributed by atoms with van der Waals surface area (Å²) >= 11 is 1.57. The zero-order chi connectivity index (χ0) is 25.1. The molecule has 1 aliphatic heterocycles. The topological polar surface area (TPSA) is 78.1 Å². The summed E-state index contributed by atoms with van der Waals surface area (Å²) in [6.07, 6.45) is 7.83. The molecule has 2 aromatic carbocycles. The summed E-state index contributed by atoms with van der Waals surface area (Å²) in [6, 6.07) is 15.8. The Morgan fingerprint density at radius 3 is 2.81 bits per heavy atom. The molecule has 36 heavy (non-hydrogen) atoms. The van der Waals surface area contributed by atoms with Crippen molar-refractivity contribution in [3.8, 4) is 0 Å². The number of rotatable bonds is 7. The first-order valence-electron chi connectivity index (χ1n) is 12.3. The minimum Gasteiger partial charge on any atom is -0.361 e. The van der Waals surface area contributed by atoms with E-state index in [1.54, 1.807) is 11.8 Å². The van der Waals surface area contributed by atoms with E-state index >= 15 is 0 Å². The van der Waals surface area contributed by atoms with Gasteiger partial charge in [-0.3, -0.25) is 14.6 Å². The van der Waals surface area contributed by atoms with Crippen molar-refractivity contribution in [2.45, 2.75) is 44.2 Å². The highest BCUT2D eigenvalue weighted by molar-refractivity contribution is 7.98. The van der Waals surface area contributed by atoms with Crippen LogP contribution in [0.4, 0.5) is 0 Å². The molecular weight excluding hydrogens is 468 g/mol. The Bertz CT molecular complexity index is 1430. The Morgan fingerprint density at radius 1 is 1.14 bits per heavy atom. The van der Waals surface area contributed by atoms with Crippen LogP contribution < -0.4 is 5.32 Å². The summed E-state index contributed by atoms with van der Waals surface area (Å²) in [5.74, 6) is 0.0804. The standard InChI is InChI=1S/C29H30N4O2S/c1-19-25(17-32-29(35)24-8-4-6-10-27(24)36-2)22-13-14-33(18-21(22)16-30-19)28(34)12-11-20-15-31-26-9-5-3-7-23(20)26/h3-10,15-16,31H,11-14,17-18H2,1-2H3,(H,32,35). The largest absolute Gasteiger partial charge is 0.361 e. The Kier molecular flexibility index (Phi) is 7.09. The first-order chi connectivity index (χ1) is 17.5. The van der Waals surface area contributed by atoms with Gasteiger partial charge in [-0.1, -0.05) is 30.3 Å². The van der Waals surface area contributed by atoms with Crippen LogP contribution in [-0.4, -0.2) is 39.5 Å². The van der Waals surface area contributed by atoms with E-state index in [-0.39, 0.29) is 11.8 Å². The van der Waals surface area contributed by atoms with Gasteiger partial charge in [0.25, 0.3) is 5.91 Å². The third-order valence-corrected chi connectivity index (χ3v) is 7.80. The Morgan fingerprint density at radius 2 is 1.94 bits per heavy atom. The highest BCUT2D eigenvalue weighted by Crippen LogP contribution is 2.26. The molecular formula is C29H30N4O2S. The maximum Gasteiger partial charge on any atom is 0.252 e. The predicted molar refractivity (Wildman–Crippen MR) is 144 cm³/mol. The van der Waals surface area contributed by atoms with Gasteiger partial charge in [0.15, 0.2) is 0 Å². The van der Waals surface area contributed by atoms with Crippen LogP contribution in [0, 0.1) is 6.92 Å². The van der Waals surface area contributed by atoms with Crippen molar-refractivity contribution in [2.75, 3.05) is 12.8 Å². The van der Waals surface area contributed by atoms with Crippen molar-refractivity contribution >= 4 is 34.5 Å². The van der Waals surface area contributed by atoms with Crippen molar-refractivity contribution in [1.82, 2.24) is 20.2 Å². The molecule has 0 aliphatic carbocycles. The number of para-hydroxylation sites is 1. The van der Waals surface area contributed by atoms with E-state index in [4.69, 9.17) is 0 Å². The molecule has 0 radical (unpaired) electrons. The molecule has 0 unspecified atom stereocenters. The number of aromatic nitrogens is 2. The second-order valence-corrected chi connectivity index (χ2v) is 9.98. The van der Waals surface area contributed by atoms with E-state index in [1.165, 1.54) is 16.5 Å². The molecule has 3 heterocycles. The average molecular weight is 499 g/mol. The number of aryl methyl sites for hydroxylation is 2. The van der Waals surface area contributed by atoms with Crippen molar-refractivity contribution in [3.63, 3.8) is 0 Å². The first-order valence-corrected chi connectivity index (χ1v) is 13.5. The summed E-state index contributed by atoms with van der Waals surface area (Å²) in [7, 11) is 0. The second-order valence-electron chi connectivity index (χ2n) is 9.13. The fourth-order valence-corrected chi connectivity index (χ4v) is 5.60. The average Bonchev–Trinajstić information content (AvgIpc) is 3.33. The molecule has 5 rings (SSSR count). The summed E-state index contributed by atoms with van der Waals surface area (Å²) < 4.78 is 0. The molecule has 4 aromatic rings. The number of nitrogens with one attached hydrogen (secondary N) is 2. The molecule has 0 saturated heterocycles. The van der Waals surface area contributed by atoms with E-state index in [1.807, 2.05) is 66.9 Å². The van der Waals surface area contributed by atoms with Crippen molar-refractivity contribution < 1.29 is 9.59 Å². The van der Waals surface area contributed by atoms with Gasteiger partial charge in [0.05, 0.1) is 5.56 Å². The number of aromatic amines is 1. The molecule has 1 aliphatic rings. The maximum atomic E-state index is 13.1. The molecule has 2 N–H and O–H groups in total. The van der Waals surface area contributed by atoms with Crippen LogP contribution in [0.3, 0.4) is 0 Å². The van der Waals surface area contributed by atoms with E-state index in [9.17, 15) is 9.59 Å². The number of fused-ring (bicyclic) bond motifs is 2. The SMILES string of the molecule is CSc1ccccc1C(=O)NCc1c(C)ncc2c1CCN(C(=O)CCc1c[nH]c3ccccc13)C2. The van der Waals surface area contributed by atoms with Crippen LogP contribution in [-0.2, 0) is 30.7 Å². The van der Waals surface area contributed by atoms with Gasteiger partial charge < -0.3 is 15.2 Å². The number of nitrogens with zero attached hydrogens (tertiary/aromatic N) is 2. The lowest BCUT2D eigenvalue weighted by Crippen LogP contribution is -2.37. The number of carbonyl (C=O) groups excluding carboxylic acids is 2. The molecule has 2 amide bonds. The zero-order valence-corrected chi connectivity index (χ0v) is 21.5. The third-order valence-electron chi connectivity index (χ3n) is 7.01. The van der Waals surface area contributed by atoms with Crippen LogP contribution in [0.15, 0.2) is 65.8 Å². The lowest BCUT2D eigenvalue weighted by molar-refractivity contribution is -0.132. The van der Waals surface area contributed by atoms with Gasteiger partial charge in [-0.05, 0) is 66.5 Å². The van der Waals surface area contributed by atoms with Gasteiger partial charge in [-0.25, -0.2) is 0 Å². The van der Waals surface area contributed by atoms with Crippen LogP contribution in [0.1, 0.15) is 44.7 Å². The summed E-state index contributed by atoms with van der Waals surface area (Å²) in [4.78, 5) is 36.7. The molecule has 184 valence electrons. The minimum atomic E-state index is -0.0816. The summed E-state index contributed by atoms with van der Waals surface area (Å²) in [6.45, 7) is 3.65. The quantitative estimate of drug-likeness (QED) is 0.350. The zero-order valence-electron chi connectivity index (χ0n) is 20.6. The molecule has 0 spiro atoms. The van der Waals surface area contributed by atoms with E-state index in [2.05, 4.69) is 27.4 Å². The van der Waals surface area contributed by atoms with Crippen LogP contribution in [0.25, 0.3) is 10.9 Å². The summed E-state index contributed by atoms with van der Waals surface area (Å²) in [5, 5.41) is 4.27. The Balaban J connectivity index is 1.24. The molecule has 0 saturated carbocycles. The number of amides is 2. The van der Waals surface area contributed by atoms with Crippen molar-refractivity contribution in [2.24, 2.45) is 0 Å². The monoisotopic (exact) mass is 498 g/mol. The minimum absolute atomic E-state index is 0.0816. The molecule has 0 bridgehead atoms. The number of benzene rings is 2. The number of pyridine rings is 1. The number of thioether (sulfide) groups is 1. The van der Waals surface area contributed by atoms with Crippen LogP contribution >= 0.6 is 11.8 Å². The number of hydrogen-bond donors (Lipinski definition) is 2. The maximum absolute atomic E-state index is 13.1. The van der Waals surface area contributed by atoms with Gasteiger partial charge in [0.2, 0.25) is 5.91 Å². The normalized spacial score (nSPS) is 13.0. The molecule has 6 nitrogen and oxygen atoms in total. The fourth-order valence-electron chi connectivity index (χ4n) is 5.00. The van der Waals surface area contributed by atoms with E-state index < -0.39 is 0 Å². The molecule has 0 atom stereocenters. The smallest absolute Gasteiger partial charge is 0.252 e. The Hall–Kier alpha value is -3.58. The number of carbonyl (C=O) groups is 2. The number of hydrogen-bond acceptors (Lipinski definition) is 4. The summed E-state index contributed by atoms with van der Waals surface area (Å²) in [5.41, 5.74) is 7.23. The lowest BCUT2D eigenvalue weighted by atomic mass is 9.94. The van der Waals surface area contributed by atoms with Crippen LogP contribution in [0.2, 0.25) is 0 Å². The first kappa shape index (κ1) is 24.1. The molecule has 0 fully saturated rings. The van der Waals surface area contributed by atoms with Crippen molar-refractivity contribution in [1.29, 1.82) is 0 Å². The highest BCUT2D eigenvalue weighted by atomic mass is 32.2.